The van der Waals surface area contributed by atoms with E-state index in [4.69, 9.17) is 0 Å². The normalized spacial score (nSPS) is 19.7. The van der Waals surface area contributed by atoms with Gasteiger partial charge in [-0.15, -0.1) is 12.6 Å². The molecule has 2 rings (SSSR count). The monoisotopic (exact) mass is 291 g/mol. The van der Waals surface area contributed by atoms with Crippen LogP contribution in [0.5, 0.6) is 0 Å². The molecule has 0 N–H and O–H groups in total. The van der Waals surface area contributed by atoms with Crippen molar-refractivity contribution in [2.24, 2.45) is 5.92 Å². The molecule has 1 unspecified atom stereocenters. The Hall–Kier alpha value is -0.960. The highest BCUT2D eigenvalue weighted by Crippen LogP contribution is 2.22. The second-order valence-corrected chi connectivity index (χ2v) is 6.33. The van der Waals surface area contributed by atoms with Crippen molar-refractivity contribution in [2.75, 3.05) is 13.1 Å². The van der Waals surface area contributed by atoms with E-state index in [1.807, 2.05) is 24.3 Å². The van der Waals surface area contributed by atoms with Crippen LogP contribution in [0.2, 0.25) is 0 Å². The second-order valence-electron chi connectivity index (χ2n) is 5.81. The minimum absolute atomic E-state index is 0.272. The van der Waals surface area contributed by atoms with E-state index in [1.54, 1.807) is 0 Å². The third-order valence-corrected chi connectivity index (χ3v) is 4.49. The van der Waals surface area contributed by atoms with E-state index < -0.39 is 0 Å². The first kappa shape index (κ1) is 15.4. The molecule has 1 fully saturated rings. The van der Waals surface area contributed by atoms with Gasteiger partial charge in [0.2, 0.25) is 5.91 Å². The van der Waals surface area contributed by atoms with Gasteiger partial charge in [0, 0.05) is 18.0 Å². The van der Waals surface area contributed by atoms with Crippen LogP contribution in [0.15, 0.2) is 29.2 Å². The summed E-state index contributed by atoms with van der Waals surface area (Å²) in [5, 5.41) is 0. The lowest BCUT2D eigenvalue weighted by molar-refractivity contribution is -0.130. The number of amides is 1. The third-order valence-electron chi connectivity index (χ3n) is 4.19. The van der Waals surface area contributed by atoms with Crippen LogP contribution in [0.1, 0.15) is 44.6 Å². The maximum absolute atomic E-state index is 12.4. The molecule has 0 bridgehead atoms. The highest BCUT2D eigenvalue weighted by Gasteiger charge is 2.20. The molecule has 1 aliphatic heterocycles. The minimum Gasteiger partial charge on any atom is -0.342 e. The third kappa shape index (κ3) is 4.55. The molecule has 1 aliphatic rings. The molecular weight excluding hydrogens is 266 g/mol. The Morgan fingerprint density at radius 1 is 1.25 bits per heavy atom. The molecule has 1 amide bonds. The van der Waals surface area contributed by atoms with E-state index in [2.05, 4.69) is 24.5 Å². The van der Waals surface area contributed by atoms with E-state index >= 15 is 0 Å². The van der Waals surface area contributed by atoms with Crippen molar-refractivity contribution >= 4 is 18.5 Å². The summed E-state index contributed by atoms with van der Waals surface area (Å²) in [4.78, 5) is 15.4. The lowest BCUT2D eigenvalue weighted by Gasteiger charge is -2.20. The van der Waals surface area contributed by atoms with Crippen molar-refractivity contribution in [3.05, 3.63) is 29.8 Å². The number of likely N-dealkylation sites (tertiary alicyclic amines) is 1. The first-order valence-electron chi connectivity index (χ1n) is 7.74. The van der Waals surface area contributed by atoms with Gasteiger partial charge in [0.25, 0.3) is 0 Å². The molecular formula is C17H25NOS. The second kappa shape index (κ2) is 7.72. The van der Waals surface area contributed by atoms with Crippen molar-refractivity contribution < 1.29 is 4.79 Å². The standard InChI is InChI=1S/C17H25NOS/c1-2-4-14-5-3-11-18(12-10-14)17(19)13-15-6-8-16(20)9-7-15/h6-9,14,20H,2-5,10-13H2,1H3. The van der Waals surface area contributed by atoms with Gasteiger partial charge in [-0.05, 0) is 42.9 Å². The Balaban J connectivity index is 1.87. The molecule has 1 aromatic carbocycles. The van der Waals surface area contributed by atoms with Crippen molar-refractivity contribution in [3.63, 3.8) is 0 Å². The Bertz CT molecular complexity index is 429. The average molecular weight is 291 g/mol. The number of rotatable bonds is 4. The van der Waals surface area contributed by atoms with Gasteiger partial charge in [0.1, 0.15) is 0 Å². The van der Waals surface area contributed by atoms with E-state index in [0.717, 1.165) is 35.9 Å². The number of thiol groups is 1. The zero-order valence-corrected chi connectivity index (χ0v) is 13.2. The van der Waals surface area contributed by atoms with Crippen molar-refractivity contribution in [1.29, 1.82) is 0 Å². The maximum atomic E-state index is 12.4. The summed E-state index contributed by atoms with van der Waals surface area (Å²) in [5.41, 5.74) is 1.09. The predicted octanol–water partition coefficient (Wildman–Crippen LogP) is 3.95. The first-order chi connectivity index (χ1) is 9.69. The molecule has 1 atom stereocenters. The zero-order valence-electron chi connectivity index (χ0n) is 12.3. The number of nitrogens with zero attached hydrogens (tertiary/aromatic N) is 1. The highest BCUT2D eigenvalue weighted by atomic mass is 32.1. The molecule has 3 heteroatoms. The summed E-state index contributed by atoms with van der Waals surface area (Å²) in [5.74, 6) is 1.09. The Labute approximate surface area is 128 Å². The summed E-state index contributed by atoms with van der Waals surface area (Å²) in [6.07, 6.45) is 6.71. The van der Waals surface area contributed by atoms with Crippen LogP contribution in [-0.2, 0) is 11.2 Å². The molecule has 20 heavy (non-hydrogen) atoms. The van der Waals surface area contributed by atoms with Crippen LogP contribution >= 0.6 is 12.6 Å². The van der Waals surface area contributed by atoms with Gasteiger partial charge < -0.3 is 4.90 Å². The van der Waals surface area contributed by atoms with E-state index in [9.17, 15) is 4.79 Å². The number of carbonyl (C=O) groups is 1. The van der Waals surface area contributed by atoms with E-state index in [-0.39, 0.29) is 5.91 Å². The van der Waals surface area contributed by atoms with Gasteiger partial charge in [-0.25, -0.2) is 0 Å². The van der Waals surface area contributed by atoms with Crippen LogP contribution in [0, 0.1) is 5.92 Å². The summed E-state index contributed by atoms with van der Waals surface area (Å²) < 4.78 is 0. The van der Waals surface area contributed by atoms with Crippen LogP contribution in [0.25, 0.3) is 0 Å². The zero-order chi connectivity index (χ0) is 14.4. The average Bonchev–Trinajstić information content (AvgIpc) is 2.67. The van der Waals surface area contributed by atoms with Crippen LogP contribution < -0.4 is 0 Å². The summed E-state index contributed by atoms with van der Waals surface area (Å²) >= 11 is 4.27. The number of hydrogen-bond donors (Lipinski definition) is 1. The molecule has 0 saturated carbocycles. The quantitative estimate of drug-likeness (QED) is 0.833. The lowest BCUT2D eigenvalue weighted by Crippen LogP contribution is -2.33. The topological polar surface area (TPSA) is 20.3 Å². The molecule has 110 valence electrons. The molecule has 1 saturated heterocycles. The lowest BCUT2D eigenvalue weighted by atomic mass is 9.96. The SMILES string of the molecule is CCCC1CCCN(C(=O)Cc2ccc(S)cc2)CC1. The molecule has 0 spiro atoms. The molecule has 1 aromatic rings. The number of hydrogen-bond acceptors (Lipinski definition) is 2. The molecule has 1 heterocycles. The Morgan fingerprint density at radius 2 is 2.00 bits per heavy atom. The summed E-state index contributed by atoms with van der Waals surface area (Å²) in [6.45, 7) is 4.12. The van der Waals surface area contributed by atoms with Crippen molar-refractivity contribution in [2.45, 2.75) is 50.3 Å². The predicted molar refractivity (Wildman–Crippen MR) is 86.2 cm³/mol. The summed E-state index contributed by atoms with van der Waals surface area (Å²) in [7, 11) is 0. The largest absolute Gasteiger partial charge is 0.342 e. The smallest absolute Gasteiger partial charge is 0.226 e. The Morgan fingerprint density at radius 3 is 2.70 bits per heavy atom. The Kier molecular flexibility index (Phi) is 5.96. The highest BCUT2D eigenvalue weighted by molar-refractivity contribution is 7.80. The van der Waals surface area contributed by atoms with Crippen molar-refractivity contribution in [1.82, 2.24) is 4.90 Å². The van der Waals surface area contributed by atoms with Crippen molar-refractivity contribution in [3.8, 4) is 0 Å². The fourth-order valence-corrected chi connectivity index (χ4v) is 3.16. The molecule has 0 aliphatic carbocycles. The van der Waals surface area contributed by atoms with E-state index in [0.29, 0.717) is 6.42 Å². The van der Waals surface area contributed by atoms with Crippen LogP contribution in [0.3, 0.4) is 0 Å². The van der Waals surface area contributed by atoms with Gasteiger partial charge in [0.15, 0.2) is 0 Å². The first-order valence-corrected chi connectivity index (χ1v) is 8.19. The number of carbonyl (C=O) groups excluding carboxylic acids is 1. The number of benzene rings is 1. The fourth-order valence-electron chi connectivity index (χ4n) is 3.01. The van der Waals surface area contributed by atoms with Gasteiger partial charge >= 0.3 is 0 Å². The van der Waals surface area contributed by atoms with Gasteiger partial charge in [-0.3, -0.25) is 4.79 Å². The molecule has 2 nitrogen and oxygen atoms in total. The minimum atomic E-state index is 0.272. The van der Waals surface area contributed by atoms with Crippen LogP contribution in [0.4, 0.5) is 0 Å². The van der Waals surface area contributed by atoms with E-state index in [1.165, 1.54) is 25.7 Å². The van der Waals surface area contributed by atoms with Gasteiger partial charge in [0.05, 0.1) is 6.42 Å². The van der Waals surface area contributed by atoms with Gasteiger partial charge in [-0.2, -0.15) is 0 Å². The molecule has 0 aromatic heterocycles. The summed E-state index contributed by atoms with van der Waals surface area (Å²) in [6, 6.07) is 7.90. The van der Waals surface area contributed by atoms with Gasteiger partial charge in [-0.1, -0.05) is 31.9 Å². The maximum Gasteiger partial charge on any atom is 0.226 e. The molecule has 0 radical (unpaired) electrons. The van der Waals surface area contributed by atoms with Crippen LogP contribution in [-0.4, -0.2) is 23.9 Å². The fraction of sp³-hybridized carbons (Fsp3) is 0.588.